The summed E-state index contributed by atoms with van der Waals surface area (Å²) in [5.74, 6) is -0.0272. The van der Waals surface area contributed by atoms with E-state index >= 15 is 0 Å². The Morgan fingerprint density at radius 3 is 2.37 bits per heavy atom. The molecule has 3 nitrogen and oxygen atoms in total. The van der Waals surface area contributed by atoms with E-state index in [1.165, 1.54) is 5.56 Å². The van der Waals surface area contributed by atoms with Crippen molar-refractivity contribution in [2.75, 3.05) is 12.3 Å². The Bertz CT molecular complexity index is 408. The van der Waals surface area contributed by atoms with E-state index < -0.39 is 17.3 Å². The van der Waals surface area contributed by atoms with E-state index in [0.717, 1.165) is 5.56 Å². The number of halogens is 1. The minimum absolute atomic E-state index is 0.0472. The third-order valence-electron chi connectivity index (χ3n) is 2.99. The summed E-state index contributed by atoms with van der Waals surface area (Å²) in [6, 6.07) is 8.17. The Labute approximate surface area is 116 Å². The van der Waals surface area contributed by atoms with Gasteiger partial charge in [0.05, 0.1) is 5.75 Å². The van der Waals surface area contributed by atoms with Crippen molar-refractivity contribution in [3.8, 4) is 0 Å². The zero-order chi connectivity index (χ0) is 14.4. The van der Waals surface area contributed by atoms with Crippen LogP contribution in [-0.4, -0.2) is 27.2 Å². The number of hydrogen-bond donors (Lipinski definition) is 2. The highest BCUT2D eigenvalue weighted by Gasteiger charge is 2.18. The molecule has 1 aromatic rings. The van der Waals surface area contributed by atoms with E-state index in [4.69, 9.17) is 4.55 Å². The van der Waals surface area contributed by atoms with Crippen LogP contribution in [0.4, 0.5) is 4.39 Å². The predicted octanol–water partition coefficient (Wildman–Crippen LogP) is 2.84. The second-order valence-corrected chi connectivity index (χ2v) is 6.10. The van der Waals surface area contributed by atoms with Crippen molar-refractivity contribution in [1.29, 1.82) is 0 Å². The summed E-state index contributed by atoms with van der Waals surface area (Å²) in [5, 5.41) is 3.14. The Morgan fingerprint density at radius 1 is 1.32 bits per heavy atom. The molecule has 0 aliphatic carbocycles. The number of benzene rings is 1. The second kappa shape index (κ2) is 7.72. The SMILES string of the molecule is Cc1ccc(C(NCC(F)CS(=O)O)C(C)C)cc1. The van der Waals surface area contributed by atoms with E-state index in [1.54, 1.807) is 0 Å². The van der Waals surface area contributed by atoms with Gasteiger partial charge in [0, 0.05) is 12.6 Å². The highest BCUT2D eigenvalue weighted by molar-refractivity contribution is 7.79. The third-order valence-corrected chi connectivity index (χ3v) is 3.63. The van der Waals surface area contributed by atoms with Gasteiger partial charge in [-0.15, -0.1) is 0 Å². The second-order valence-electron chi connectivity index (χ2n) is 5.13. The molecule has 19 heavy (non-hydrogen) atoms. The first-order valence-corrected chi connectivity index (χ1v) is 7.69. The molecular weight excluding hydrogens is 265 g/mol. The van der Waals surface area contributed by atoms with Gasteiger partial charge in [0.15, 0.2) is 11.1 Å². The molecule has 0 radical (unpaired) electrons. The Kier molecular flexibility index (Phi) is 6.62. The summed E-state index contributed by atoms with van der Waals surface area (Å²) in [7, 11) is 0. The van der Waals surface area contributed by atoms with Gasteiger partial charge in [-0.05, 0) is 18.4 Å². The quantitative estimate of drug-likeness (QED) is 0.758. The van der Waals surface area contributed by atoms with Gasteiger partial charge in [-0.2, -0.15) is 0 Å². The summed E-state index contributed by atoms with van der Waals surface area (Å²) in [5.41, 5.74) is 2.29. The van der Waals surface area contributed by atoms with Crippen molar-refractivity contribution in [3.05, 3.63) is 35.4 Å². The van der Waals surface area contributed by atoms with Crippen LogP contribution in [0.2, 0.25) is 0 Å². The van der Waals surface area contributed by atoms with Gasteiger partial charge in [-0.1, -0.05) is 43.7 Å². The molecule has 0 amide bonds. The number of aryl methyl sites for hydroxylation is 1. The predicted molar refractivity (Wildman–Crippen MR) is 77.3 cm³/mol. The lowest BCUT2D eigenvalue weighted by atomic mass is 9.95. The molecule has 0 saturated heterocycles. The molecule has 1 rings (SSSR count). The third kappa shape index (κ3) is 5.80. The van der Waals surface area contributed by atoms with Crippen molar-refractivity contribution >= 4 is 11.1 Å². The smallest absolute Gasteiger partial charge is 0.155 e. The molecule has 0 spiro atoms. The fraction of sp³-hybridized carbons (Fsp3) is 0.571. The zero-order valence-corrected chi connectivity index (χ0v) is 12.4. The molecule has 0 saturated carbocycles. The highest BCUT2D eigenvalue weighted by Crippen LogP contribution is 2.22. The summed E-state index contributed by atoms with van der Waals surface area (Å²) >= 11 is -2.08. The van der Waals surface area contributed by atoms with Crippen molar-refractivity contribution in [2.45, 2.75) is 33.0 Å². The number of alkyl halides is 1. The minimum Gasteiger partial charge on any atom is -0.307 e. The van der Waals surface area contributed by atoms with Crippen LogP contribution in [0.3, 0.4) is 0 Å². The Hall–Kier alpha value is -0.780. The molecule has 2 N–H and O–H groups in total. The molecule has 1 aromatic carbocycles. The van der Waals surface area contributed by atoms with Crippen LogP contribution >= 0.6 is 0 Å². The standard InChI is InChI=1S/C14H22FNO2S/c1-10(2)14(12-6-4-11(3)5-7-12)16-8-13(15)9-19(17)18/h4-7,10,13-14,16H,8-9H2,1-3H3,(H,17,18). The van der Waals surface area contributed by atoms with Crippen LogP contribution in [0, 0.1) is 12.8 Å². The lowest BCUT2D eigenvalue weighted by Gasteiger charge is -2.24. The first-order chi connectivity index (χ1) is 8.90. The van der Waals surface area contributed by atoms with E-state index in [1.807, 2.05) is 31.2 Å². The number of nitrogens with one attached hydrogen (secondary N) is 1. The maximum Gasteiger partial charge on any atom is 0.155 e. The Morgan fingerprint density at radius 2 is 1.89 bits per heavy atom. The molecule has 0 aromatic heterocycles. The zero-order valence-electron chi connectivity index (χ0n) is 11.6. The maximum absolute atomic E-state index is 13.4. The van der Waals surface area contributed by atoms with Gasteiger partial charge in [-0.25, -0.2) is 8.60 Å². The highest BCUT2D eigenvalue weighted by atomic mass is 32.2. The monoisotopic (exact) mass is 287 g/mol. The van der Waals surface area contributed by atoms with Crippen LogP contribution in [0.15, 0.2) is 24.3 Å². The topological polar surface area (TPSA) is 49.3 Å². The molecule has 5 heteroatoms. The first kappa shape index (κ1) is 16.3. The molecule has 0 bridgehead atoms. The molecular formula is C14H22FNO2S. The molecule has 3 atom stereocenters. The fourth-order valence-corrected chi connectivity index (χ4v) is 2.41. The average Bonchev–Trinajstić information content (AvgIpc) is 2.30. The van der Waals surface area contributed by atoms with Gasteiger partial charge >= 0.3 is 0 Å². The van der Waals surface area contributed by atoms with Crippen LogP contribution in [0.1, 0.15) is 31.0 Å². The molecule has 0 aliphatic heterocycles. The largest absolute Gasteiger partial charge is 0.307 e. The van der Waals surface area contributed by atoms with Crippen molar-refractivity contribution in [2.24, 2.45) is 5.92 Å². The van der Waals surface area contributed by atoms with Crippen molar-refractivity contribution < 1.29 is 13.2 Å². The molecule has 108 valence electrons. The molecule has 3 unspecified atom stereocenters. The van der Waals surface area contributed by atoms with Crippen molar-refractivity contribution in [1.82, 2.24) is 5.32 Å². The lowest BCUT2D eigenvalue weighted by molar-refractivity contribution is 0.308. The average molecular weight is 287 g/mol. The normalized spacial score (nSPS) is 16.3. The number of rotatable bonds is 7. The van der Waals surface area contributed by atoms with E-state index in [0.29, 0.717) is 5.92 Å². The summed E-state index contributed by atoms with van der Waals surface area (Å²) in [6.07, 6.45) is -1.31. The lowest BCUT2D eigenvalue weighted by Crippen LogP contribution is -2.33. The van der Waals surface area contributed by atoms with Crippen LogP contribution < -0.4 is 5.32 Å². The van der Waals surface area contributed by atoms with E-state index in [2.05, 4.69) is 19.2 Å². The van der Waals surface area contributed by atoms with E-state index in [9.17, 15) is 8.60 Å². The first-order valence-electron chi connectivity index (χ1n) is 6.41. The summed E-state index contributed by atoms with van der Waals surface area (Å²) < 4.78 is 32.6. The van der Waals surface area contributed by atoms with Crippen LogP contribution in [-0.2, 0) is 11.1 Å². The number of hydrogen-bond acceptors (Lipinski definition) is 2. The van der Waals surface area contributed by atoms with E-state index in [-0.39, 0.29) is 18.3 Å². The van der Waals surface area contributed by atoms with Gasteiger partial charge in [-0.3, -0.25) is 0 Å². The molecule has 0 fully saturated rings. The van der Waals surface area contributed by atoms with Crippen LogP contribution in [0.25, 0.3) is 0 Å². The Balaban J connectivity index is 2.63. The van der Waals surface area contributed by atoms with Crippen LogP contribution in [0.5, 0.6) is 0 Å². The van der Waals surface area contributed by atoms with Gasteiger partial charge < -0.3 is 9.87 Å². The fourth-order valence-electron chi connectivity index (χ4n) is 1.98. The maximum atomic E-state index is 13.4. The van der Waals surface area contributed by atoms with Gasteiger partial charge in [0.1, 0.15) is 6.17 Å². The minimum atomic E-state index is -2.08. The van der Waals surface area contributed by atoms with Crippen molar-refractivity contribution in [3.63, 3.8) is 0 Å². The van der Waals surface area contributed by atoms with Gasteiger partial charge in [0.2, 0.25) is 0 Å². The molecule has 0 aliphatic rings. The van der Waals surface area contributed by atoms with Gasteiger partial charge in [0.25, 0.3) is 0 Å². The summed E-state index contributed by atoms with van der Waals surface area (Å²) in [4.78, 5) is 0. The summed E-state index contributed by atoms with van der Waals surface area (Å²) in [6.45, 7) is 6.24. The molecule has 0 heterocycles.